The van der Waals surface area contributed by atoms with Crippen LogP contribution in [-0.2, 0) is 30.7 Å². The summed E-state index contributed by atoms with van der Waals surface area (Å²) in [5.41, 5.74) is 2.38. The van der Waals surface area contributed by atoms with E-state index in [1.54, 1.807) is 11.3 Å². The Balaban J connectivity index is 1.64. The van der Waals surface area contributed by atoms with Gasteiger partial charge in [-0.1, -0.05) is 13.8 Å². The molecule has 0 atom stereocenters. The average Bonchev–Trinajstić information content (AvgIpc) is 3.17. The van der Waals surface area contributed by atoms with Crippen molar-refractivity contribution in [3.05, 3.63) is 40.1 Å². The molecule has 6 heteroatoms. The molecule has 0 aromatic carbocycles. The molecule has 1 aliphatic heterocycles. The number of hydrogen-bond acceptors (Lipinski definition) is 4. The van der Waals surface area contributed by atoms with Gasteiger partial charge in [-0.2, -0.15) is 11.3 Å². The van der Waals surface area contributed by atoms with Crippen LogP contribution in [0.2, 0.25) is 0 Å². The number of carbonyl (C=O) groups excluding carboxylic acids is 1. The maximum Gasteiger partial charge on any atom is 0.227 e. The van der Waals surface area contributed by atoms with Gasteiger partial charge in [-0.25, -0.2) is 4.98 Å². The normalized spacial score (nSPS) is 14.7. The zero-order valence-electron chi connectivity index (χ0n) is 14.6. The molecule has 0 N–H and O–H groups in total. The minimum atomic E-state index is 0.226. The third-order valence-corrected chi connectivity index (χ3v) is 5.52. The lowest BCUT2D eigenvalue weighted by atomic mass is 10.2. The van der Waals surface area contributed by atoms with E-state index >= 15 is 0 Å². The van der Waals surface area contributed by atoms with Crippen molar-refractivity contribution in [2.45, 2.75) is 39.8 Å². The van der Waals surface area contributed by atoms with Crippen LogP contribution >= 0.6 is 11.3 Å². The summed E-state index contributed by atoms with van der Waals surface area (Å²) in [4.78, 5) is 21.5. The van der Waals surface area contributed by atoms with Crippen molar-refractivity contribution >= 4 is 17.2 Å². The summed E-state index contributed by atoms with van der Waals surface area (Å²) in [6.45, 7) is 9.79. The van der Waals surface area contributed by atoms with Crippen LogP contribution in [0, 0.1) is 0 Å². The van der Waals surface area contributed by atoms with Crippen LogP contribution < -0.4 is 0 Å². The Morgan fingerprint density at radius 3 is 2.83 bits per heavy atom. The summed E-state index contributed by atoms with van der Waals surface area (Å²) in [7, 11) is 0. The summed E-state index contributed by atoms with van der Waals surface area (Å²) in [6, 6.07) is 2.04. The highest BCUT2D eigenvalue weighted by Crippen LogP contribution is 2.15. The van der Waals surface area contributed by atoms with E-state index in [1.807, 2.05) is 22.5 Å². The number of thiophene rings is 1. The van der Waals surface area contributed by atoms with Gasteiger partial charge in [0.15, 0.2) is 0 Å². The van der Waals surface area contributed by atoms with Gasteiger partial charge in [0, 0.05) is 38.8 Å². The van der Waals surface area contributed by atoms with Crippen molar-refractivity contribution < 1.29 is 4.79 Å². The lowest BCUT2D eigenvalue weighted by Gasteiger charge is -2.21. The Bertz CT molecular complexity index is 661. The summed E-state index contributed by atoms with van der Waals surface area (Å²) >= 11 is 1.65. The Morgan fingerprint density at radius 2 is 2.12 bits per heavy atom. The minimum Gasteiger partial charge on any atom is -0.340 e. The number of imidazole rings is 1. The zero-order valence-corrected chi connectivity index (χ0v) is 15.4. The molecule has 24 heavy (non-hydrogen) atoms. The molecule has 0 unspecified atom stereocenters. The second-order valence-electron chi connectivity index (χ2n) is 6.22. The summed E-state index contributed by atoms with van der Waals surface area (Å²) in [5, 5.41) is 4.09. The predicted molar refractivity (Wildman–Crippen MR) is 97.2 cm³/mol. The highest BCUT2D eigenvalue weighted by molar-refractivity contribution is 7.07. The average molecular weight is 347 g/mol. The van der Waals surface area contributed by atoms with E-state index in [0.717, 1.165) is 57.1 Å². The van der Waals surface area contributed by atoms with Crippen LogP contribution in [0.1, 0.15) is 30.9 Å². The van der Waals surface area contributed by atoms with Gasteiger partial charge in [0.1, 0.15) is 5.82 Å². The molecule has 1 aliphatic rings. The molecule has 130 valence electrons. The van der Waals surface area contributed by atoms with E-state index in [9.17, 15) is 4.79 Å². The van der Waals surface area contributed by atoms with Crippen LogP contribution in [0.15, 0.2) is 23.0 Å². The summed E-state index contributed by atoms with van der Waals surface area (Å²) < 4.78 is 2.32. The number of hydrogen-bond donors (Lipinski definition) is 0. The van der Waals surface area contributed by atoms with Gasteiger partial charge in [-0.05, 0) is 35.5 Å². The lowest BCUT2D eigenvalue weighted by Crippen LogP contribution is -2.34. The van der Waals surface area contributed by atoms with Gasteiger partial charge in [0.05, 0.1) is 12.1 Å². The number of amides is 1. The third kappa shape index (κ3) is 3.87. The number of nitrogens with zero attached hydrogens (tertiary/aromatic N) is 4. The standard InChI is InChI=1S/C18H26N4OS/c1-3-20(4-2)13-16-12-19-17-5-7-21(8-9-22(16)17)18(23)11-15-6-10-24-14-15/h6,10,12,14H,3-5,7-9,11,13H2,1-2H3. The lowest BCUT2D eigenvalue weighted by molar-refractivity contribution is -0.130. The first-order valence-corrected chi connectivity index (χ1v) is 9.70. The second kappa shape index (κ2) is 7.94. The van der Waals surface area contributed by atoms with Crippen LogP contribution in [0.25, 0.3) is 0 Å². The molecule has 2 aromatic heterocycles. The zero-order chi connectivity index (χ0) is 16.9. The maximum absolute atomic E-state index is 12.5. The second-order valence-corrected chi connectivity index (χ2v) is 7.00. The molecule has 0 spiro atoms. The molecule has 0 aliphatic carbocycles. The molecular weight excluding hydrogens is 320 g/mol. The van der Waals surface area contributed by atoms with Crippen molar-refractivity contribution in [2.75, 3.05) is 26.2 Å². The maximum atomic E-state index is 12.5. The first kappa shape index (κ1) is 17.2. The molecular formula is C18H26N4OS. The smallest absolute Gasteiger partial charge is 0.227 e. The molecule has 2 aromatic rings. The van der Waals surface area contributed by atoms with Gasteiger partial charge in [-0.15, -0.1) is 0 Å². The van der Waals surface area contributed by atoms with Crippen molar-refractivity contribution in [2.24, 2.45) is 0 Å². The van der Waals surface area contributed by atoms with Gasteiger partial charge >= 0.3 is 0 Å². The van der Waals surface area contributed by atoms with E-state index in [1.165, 1.54) is 5.69 Å². The fraction of sp³-hybridized carbons (Fsp3) is 0.556. The van der Waals surface area contributed by atoms with Crippen molar-refractivity contribution in [3.63, 3.8) is 0 Å². The molecule has 3 heterocycles. The van der Waals surface area contributed by atoms with Crippen molar-refractivity contribution in [1.82, 2.24) is 19.4 Å². The Labute approximate surface area is 147 Å². The molecule has 0 saturated carbocycles. The van der Waals surface area contributed by atoms with Crippen LogP contribution in [0.3, 0.4) is 0 Å². The first-order chi connectivity index (χ1) is 11.7. The highest BCUT2D eigenvalue weighted by atomic mass is 32.1. The van der Waals surface area contributed by atoms with Gasteiger partial charge in [0.25, 0.3) is 0 Å². The molecule has 0 radical (unpaired) electrons. The van der Waals surface area contributed by atoms with Crippen molar-refractivity contribution in [3.8, 4) is 0 Å². The number of aromatic nitrogens is 2. The van der Waals surface area contributed by atoms with Gasteiger partial charge in [-0.3, -0.25) is 9.69 Å². The molecule has 0 bridgehead atoms. The molecule has 5 nitrogen and oxygen atoms in total. The summed E-state index contributed by atoms with van der Waals surface area (Å²) in [6.07, 6.45) is 3.36. The van der Waals surface area contributed by atoms with Gasteiger partial charge < -0.3 is 9.47 Å². The number of rotatable bonds is 6. The fourth-order valence-corrected chi connectivity index (χ4v) is 3.89. The largest absolute Gasteiger partial charge is 0.340 e. The summed E-state index contributed by atoms with van der Waals surface area (Å²) in [5.74, 6) is 1.34. The molecule has 0 saturated heterocycles. The highest BCUT2D eigenvalue weighted by Gasteiger charge is 2.21. The Kier molecular flexibility index (Phi) is 5.68. The number of fused-ring (bicyclic) bond motifs is 1. The molecule has 0 fully saturated rings. The van der Waals surface area contributed by atoms with Gasteiger partial charge in [0.2, 0.25) is 5.91 Å². The van der Waals surface area contributed by atoms with Crippen LogP contribution in [-0.4, -0.2) is 51.4 Å². The quantitative estimate of drug-likeness (QED) is 0.807. The van der Waals surface area contributed by atoms with E-state index < -0.39 is 0 Å². The Hall–Kier alpha value is -1.66. The monoisotopic (exact) mass is 346 g/mol. The van der Waals surface area contributed by atoms with E-state index in [-0.39, 0.29) is 5.91 Å². The third-order valence-electron chi connectivity index (χ3n) is 4.79. The number of carbonyl (C=O) groups is 1. The molecule has 1 amide bonds. The van der Waals surface area contributed by atoms with Crippen molar-refractivity contribution in [1.29, 1.82) is 0 Å². The van der Waals surface area contributed by atoms with Crippen LogP contribution in [0.4, 0.5) is 0 Å². The minimum absolute atomic E-state index is 0.226. The first-order valence-electron chi connectivity index (χ1n) is 8.75. The van der Waals surface area contributed by atoms with Crippen LogP contribution in [0.5, 0.6) is 0 Å². The van der Waals surface area contributed by atoms with E-state index in [2.05, 4.69) is 33.7 Å². The van der Waals surface area contributed by atoms with E-state index in [0.29, 0.717) is 6.42 Å². The fourth-order valence-electron chi connectivity index (χ4n) is 3.23. The topological polar surface area (TPSA) is 41.4 Å². The molecule has 3 rings (SSSR count). The Morgan fingerprint density at radius 1 is 1.29 bits per heavy atom. The SMILES string of the molecule is CCN(CC)Cc1cnc2n1CCN(C(=O)Cc1ccsc1)CC2. The van der Waals surface area contributed by atoms with E-state index in [4.69, 9.17) is 0 Å². The predicted octanol–water partition coefficient (Wildman–Crippen LogP) is 2.41.